The topological polar surface area (TPSA) is 96.6 Å². The minimum atomic E-state index is -3.67. The molecule has 1 atom stereocenters. The van der Waals surface area contributed by atoms with Crippen LogP contribution in [0.25, 0.3) is 0 Å². The van der Waals surface area contributed by atoms with Crippen LogP contribution in [0.3, 0.4) is 0 Å². The normalized spacial score (nSPS) is 18.2. The second kappa shape index (κ2) is 8.37. The summed E-state index contributed by atoms with van der Waals surface area (Å²) >= 11 is 0. The number of hydrogen-bond acceptors (Lipinski definition) is 6. The fraction of sp³-hybridized carbons (Fsp3) is 0.286. The lowest BCUT2D eigenvalue weighted by molar-refractivity contribution is 0.0652. The van der Waals surface area contributed by atoms with Gasteiger partial charge in [-0.1, -0.05) is 41.6 Å². The van der Waals surface area contributed by atoms with E-state index in [1.807, 2.05) is 6.07 Å². The molecule has 2 heterocycles. The molecule has 0 aliphatic carbocycles. The van der Waals surface area contributed by atoms with Crippen molar-refractivity contribution in [1.29, 1.82) is 0 Å². The van der Waals surface area contributed by atoms with Crippen LogP contribution in [0, 0.1) is 6.92 Å². The first-order valence-corrected chi connectivity index (χ1v) is 11.1. The van der Waals surface area contributed by atoms with Gasteiger partial charge in [0.15, 0.2) is 5.82 Å². The average molecular weight is 426 g/mol. The van der Waals surface area contributed by atoms with Gasteiger partial charge in [0, 0.05) is 25.2 Å². The van der Waals surface area contributed by atoms with Crippen molar-refractivity contribution in [3.63, 3.8) is 0 Å². The quantitative estimate of drug-likeness (QED) is 0.636. The fourth-order valence-corrected chi connectivity index (χ4v) is 5.05. The summed E-state index contributed by atoms with van der Waals surface area (Å²) in [5.74, 6) is 0.585. The molecule has 1 amide bonds. The van der Waals surface area contributed by atoms with Gasteiger partial charge in [-0.25, -0.2) is 8.42 Å². The van der Waals surface area contributed by atoms with E-state index in [1.165, 1.54) is 4.31 Å². The number of amides is 1. The van der Waals surface area contributed by atoms with Crippen LogP contribution in [0.2, 0.25) is 0 Å². The monoisotopic (exact) mass is 426 g/mol. The van der Waals surface area contributed by atoms with E-state index in [9.17, 15) is 13.2 Å². The number of carbonyl (C=O) groups excluding carboxylic acids is 1. The molecule has 1 saturated heterocycles. The highest BCUT2D eigenvalue weighted by Gasteiger charge is 2.36. The number of aromatic nitrogens is 2. The molecule has 9 heteroatoms. The molecular weight excluding hydrogens is 404 g/mol. The van der Waals surface area contributed by atoms with Gasteiger partial charge >= 0.3 is 0 Å². The van der Waals surface area contributed by atoms with Crippen molar-refractivity contribution in [2.75, 3.05) is 19.6 Å². The number of carbonyl (C=O) groups is 1. The maximum absolute atomic E-state index is 13.2. The first-order chi connectivity index (χ1) is 14.5. The maximum atomic E-state index is 13.2. The van der Waals surface area contributed by atoms with Crippen LogP contribution in [-0.4, -0.2) is 53.3 Å². The summed E-state index contributed by atoms with van der Waals surface area (Å²) < 4.78 is 33.0. The largest absolute Gasteiger partial charge is 0.337 e. The Kier molecular flexibility index (Phi) is 5.65. The first kappa shape index (κ1) is 20.2. The molecule has 1 aliphatic rings. The van der Waals surface area contributed by atoms with Crippen LogP contribution < -0.4 is 0 Å². The minimum Gasteiger partial charge on any atom is -0.337 e. The van der Waals surface area contributed by atoms with Crippen molar-refractivity contribution < 1.29 is 17.7 Å². The van der Waals surface area contributed by atoms with Crippen molar-refractivity contribution in [2.45, 2.75) is 24.3 Å². The molecule has 0 spiro atoms. The van der Waals surface area contributed by atoms with E-state index in [0.29, 0.717) is 23.7 Å². The lowest BCUT2D eigenvalue weighted by atomic mass is 10.1. The van der Waals surface area contributed by atoms with E-state index < -0.39 is 16.1 Å². The molecule has 8 nitrogen and oxygen atoms in total. The molecule has 4 rings (SSSR count). The van der Waals surface area contributed by atoms with Crippen molar-refractivity contribution in [3.05, 3.63) is 77.9 Å². The fourth-order valence-electron chi connectivity index (χ4n) is 3.59. The molecule has 0 N–H and O–H groups in total. The van der Waals surface area contributed by atoms with Crippen molar-refractivity contribution in [1.82, 2.24) is 19.3 Å². The number of rotatable bonds is 4. The molecule has 1 fully saturated rings. The summed E-state index contributed by atoms with van der Waals surface area (Å²) in [6, 6.07) is 16.7. The highest BCUT2D eigenvalue weighted by atomic mass is 32.2. The molecule has 1 unspecified atom stereocenters. The maximum Gasteiger partial charge on any atom is 0.254 e. The third-order valence-corrected chi connectivity index (χ3v) is 7.02. The molecule has 3 aromatic rings. The highest BCUT2D eigenvalue weighted by Crippen LogP contribution is 2.29. The zero-order chi connectivity index (χ0) is 21.1. The number of benzene rings is 2. The Balaban J connectivity index is 1.66. The number of hydrogen-bond donors (Lipinski definition) is 0. The van der Waals surface area contributed by atoms with Crippen LogP contribution >= 0.6 is 0 Å². The minimum absolute atomic E-state index is 0.180. The van der Waals surface area contributed by atoms with Gasteiger partial charge in [-0.15, -0.1) is 0 Å². The van der Waals surface area contributed by atoms with Crippen LogP contribution in [-0.2, 0) is 10.0 Å². The summed E-state index contributed by atoms with van der Waals surface area (Å²) in [4.78, 5) is 19.4. The van der Waals surface area contributed by atoms with Crippen molar-refractivity contribution in [2.24, 2.45) is 0 Å². The van der Waals surface area contributed by atoms with Gasteiger partial charge in [0.25, 0.3) is 5.91 Å². The molecule has 156 valence electrons. The van der Waals surface area contributed by atoms with Crippen molar-refractivity contribution in [3.8, 4) is 0 Å². The second-order valence-corrected chi connectivity index (χ2v) is 9.00. The van der Waals surface area contributed by atoms with E-state index in [-0.39, 0.29) is 30.4 Å². The smallest absolute Gasteiger partial charge is 0.254 e. The number of sulfonamides is 1. The summed E-state index contributed by atoms with van der Waals surface area (Å²) in [6.45, 7) is 2.34. The molecule has 1 aliphatic heterocycles. The third kappa shape index (κ3) is 3.99. The van der Waals surface area contributed by atoms with Crippen LogP contribution in [0.4, 0.5) is 0 Å². The van der Waals surface area contributed by atoms with Gasteiger partial charge < -0.3 is 9.42 Å². The predicted molar refractivity (Wildman–Crippen MR) is 109 cm³/mol. The Morgan fingerprint density at radius 2 is 1.67 bits per heavy atom. The summed E-state index contributed by atoms with van der Waals surface area (Å²) in [5, 5.41) is 3.85. The average Bonchev–Trinajstić information content (AvgIpc) is 3.07. The zero-order valence-electron chi connectivity index (χ0n) is 16.5. The molecule has 0 saturated carbocycles. The van der Waals surface area contributed by atoms with Gasteiger partial charge in [0.2, 0.25) is 15.9 Å². The van der Waals surface area contributed by atoms with E-state index in [4.69, 9.17) is 4.52 Å². The molecule has 0 bridgehead atoms. The van der Waals surface area contributed by atoms with Gasteiger partial charge in [-0.2, -0.15) is 9.29 Å². The van der Waals surface area contributed by atoms with E-state index >= 15 is 0 Å². The summed E-state index contributed by atoms with van der Waals surface area (Å²) in [6.07, 6.45) is 0.353. The lowest BCUT2D eigenvalue weighted by Gasteiger charge is -2.27. The highest BCUT2D eigenvalue weighted by molar-refractivity contribution is 7.89. The Morgan fingerprint density at radius 1 is 1.00 bits per heavy atom. The summed E-state index contributed by atoms with van der Waals surface area (Å²) in [5.41, 5.74) is 0.526. The van der Waals surface area contributed by atoms with Gasteiger partial charge in [0.1, 0.15) is 6.04 Å². The SMILES string of the molecule is Cc1noc(C2CCN(S(=O)(=O)c3ccccc3)CCN2C(=O)c2ccccc2)n1. The van der Waals surface area contributed by atoms with Crippen molar-refractivity contribution >= 4 is 15.9 Å². The predicted octanol–water partition coefficient (Wildman–Crippen LogP) is 2.66. The van der Waals surface area contributed by atoms with Crippen LogP contribution in [0.15, 0.2) is 70.1 Å². The number of nitrogens with zero attached hydrogens (tertiary/aromatic N) is 4. The zero-order valence-corrected chi connectivity index (χ0v) is 17.3. The van der Waals surface area contributed by atoms with E-state index in [1.54, 1.807) is 66.4 Å². The Bertz CT molecular complexity index is 1120. The molecule has 30 heavy (non-hydrogen) atoms. The lowest BCUT2D eigenvalue weighted by Crippen LogP contribution is -2.38. The van der Waals surface area contributed by atoms with E-state index in [0.717, 1.165) is 0 Å². The standard InChI is InChI=1S/C21H22N4O4S/c1-16-22-20(29-23-16)19-12-13-24(30(27,28)18-10-6-3-7-11-18)14-15-25(19)21(26)17-8-4-2-5-9-17/h2-11,19H,12-15H2,1H3. The Labute approximate surface area is 175 Å². The summed E-state index contributed by atoms with van der Waals surface area (Å²) in [7, 11) is -3.67. The molecule has 0 radical (unpaired) electrons. The van der Waals surface area contributed by atoms with Crippen LogP contribution in [0.1, 0.15) is 34.5 Å². The first-order valence-electron chi connectivity index (χ1n) is 9.68. The Hall–Kier alpha value is -3.04. The van der Waals surface area contributed by atoms with Gasteiger partial charge in [-0.05, 0) is 37.6 Å². The number of aryl methyl sites for hydroxylation is 1. The van der Waals surface area contributed by atoms with Crippen LogP contribution in [0.5, 0.6) is 0 Å². The molecular formula is C21H22N4O4S. The van der Waals surface area contributed by atoms with Gasteiger partial charge in [0.05, 0.1) is 4.90 Å². The second-order valence-electron chi connectivity index (χ2n) is 7.07. The molecule has 2 aromatic carbocycles. The van der Waals surface area contributed by atoms with E-state index in [2.05, 4.69) is 10.1 Å². The molecule has 1 aromatic heterocycles. The van der Waals surface area contributed by atoms with Gasteiger partial charge in [-0.3, -0.25) is 4.79 Å². The Morgan fingerprint density at radius 3 is 2.30 bits per heavy atom. The third-order valence-electron chi connectivity index (χ3n) is 5.11.